The Hall–Kier alpha value is -11.2. The van der Waals surface area contributed by atoms with Crippen LogP contribution in [0, 0.1) is 0 Å². The molecule has 0 aliphatic carbocycles. The first kappa shape index (κ1) is 59.4. The smallest absolute Gasteiger partial charge is 0.240 e. The van der Waals surface area contributed by atoms with Crippen LogP contribution < -0.4 is 33.2 Å². The highest BCUT2D eigenvalue weighted by Crippen LogP contribution is 2.48. The Morgan fingerprint density at radius 3 is 0.802 bits per heavy atom. The Morgan fingerprint density at radius 2 is 0.488 bits per heavy atom. The van der Waals surface area contributed by atoms with Crippen molar-refractivity contribution in [3.8, 4) is 161 Å². The lowest BCUT2D eigenvalue weighted by atomic mass is 9.95. The first-order valence-corrected chi connectivity index (χ1v) is 24.6. The molecule has 7 aromatic carbocycles. The summed E-state index contributed by atoms with van der Waals surface area (Å²) < 4.78 is 62.3. The maximum Gasteiger partial charge on any atom is 0.240 e. The molecule has 0 radical (unpaired) electrons. The fourth-order valence-corrected chi connectivity index (χ4v) is 8.78. The lowest BCUT2D eigenvalue weighted by Crippen LogP contribution is -2.68. The summed E-state index contributed by atoms with van der Waals surface area (Å²) in [6.07, 6.45) is -21.0. The van der Waals surface area contributed by atoms with Crippen LogP contribution in [0.4, 0.5) is 0 Å². The molecule has 2 fully saturated rings. The standard InChI is InChI=1S/C54H50O32/c55-24-1-17(2-25(56)40(24)69)77-15-38-48(47(76)50(80-20-7-30(61)43(72)31(62)8-20)53(84-38)83-23-13-36(67)46(75)37(68)14-23)86-54-52(82-22-11-34(65)45(74)35(66)12-22)51(81-21-9-32(63)44(73)33(64)10-21)49(79-19-5-28(59)42(71)29(60)6-19)39(85-54)16-78-18-3-26(57)41(70)27(58)4-18/h1-14,38-39,47-76H,15-16H2/t38-,39-,47+,48?,49-,50-,51+,52-,53+,54-/m1/s1. The van der Waals surface area contributed by atoms with Crippen LogP contribution in [0.25, 0.3) is 0 Å². The van der Waals surface area contributed by atoms with Crippen LogP contribution in [0.3, 0.4) is 0 Å². The van der Waals surface area contributed by atoms with E-state index in [1.165, 1.54) is 0 Å². The van der Waals surface area contributed by atoms with Crippen molar-refractivity contribution < 1.29 is 160 Å². The van der Waals surface area contributed by atoms with Crippen molar-refractivity contribution in [3.63, 3.8) is 0 Å². The molecule has 1 unspecified atom stereocenters. The lowest BCUT2D eigenvalue weighted by Gasteiger charge is -2.49. The van der Waals surface area contributed by atoms with Crippen LogP contribution in [0.5, 0.6) is 161 Å². The van der Waals surface area contributed by atoms with Crippen LogP contribution in [0.1, 0.15) is 0 Å². The summed E-state index contributed by atoms with van der Waals surface area (Å²) in [7, 11) is 0. The number of ether oxygens (including phenoxy) is 10. The third kappa shape index (κ3) is 12.3. The number of hydrogen-bond donors (Lipinski definition) is 22. The zero-order valence-corrected chi connectivity index (χ0v) is 43.2. The van der Waals surface area contributed by atoms with Gasteiger partial charge in [-0.3, -0.25) is 0 Å². The van der Waals surface area contributed by atoms with E-state index in [1.807, 2.05) is 0 Å². The molecule has 22 N–H and O–H groups in total. The van der Waals surface area contributed by atoms with Crippen LogP contribution in [0.15, 0.2) is 84.9 Å². The van der Waals surface area contributed by atoms with Gasteiger partial charge in [0, 0.05) is 84.9 Å². The van der Waals surface area contributed by atoms with Crippen molar-refractivity contribution in [2.75, 3.05) is 13.2 Å². The zero-order chi connectivity index (χ0) is 62.3. The molecule has 0 bridgehead atoms. The maximum atomic E-state index is 12.8. The van der Waals surface area contributed by atoms with Gasteiger partial charge in [-0.2, -0.15) is 0 Å². The SMILES string of the molecule is Oc1cc(OC[C@H]2O[C@H](Oc3cc(O)c(O)c(O)c3)[C@H](Oc3cc(O)c(O)c(O)c3)[C@@H](O)C2O[C@H]2O[C@H](COc3cc(O)c(O)c(O)c3)[C@@H](Oc3cc(O)c(O)c(O)c3)[C@H](Oc3cc(O)c(O)c(O)c3)[C@H]2Oc2cc(O)c(O)c(O)c2)cc(O)c1O. The summed E-state index contributed by atoms with van der Waals surface area (Å²) in [5.74, 6) is -24.4. The maximum absolute atomic E-state index is 12.8. The van der Waals surface area contributed by atoms with Gasteiger partial charge in [-0.1, -0.05) is 0 Å². The summed E-state index contributed by atoms with van der Waals surface area (Å²) in [6.45, 7) is -1.83. The Morgan fingerprint density at radius 1 is 0.256 bits per heavy atom. The van der Waals surface area contributed by atoms with Gasteiger partial charge in [-0.05, 0) is 0 Å². The van der Waals surface area contributed by atoms with Crippen molar-refractivity contribution in [3.05, 3.63) is 84.9 Å². The minimum absolute atomic E-state index is 0.413. The number of rotatable bonds is 18. The van der Waals surface area contributed by atoms with Crippen LogP contribution in [0.2, 0.25) is 0 Å². The molecule has 0 spiro atoms. The van der Waals surface area contributed by atoms with Gasteiger partial charge in [0.15, 0.2) is 111 Å². The minimum atomic E-state index is -2.34. The molecule has 2 aliphatic heterocycles. The second-order valence-corrected chi connectivity index (χ2v) is 18.9. The normalized spacial score (nSPS) is 21.9. The monoisotopic (exact) mass is 1210 g/mol. The van der Waals surface area contributed by atoms with Gasteiger partial charge >= 0.3 is 0 Å². The van der Waals surface area contributed by atoms with Crippen molar-refractivity contribution >= 4 is 0 Å². The highest BCUT2D eigenvalue weighted by Gasteiger charge is 2.56. The largest absolute Gasteiger partial charge is 0.504 e. The molecule has 10 atom stereocenters. The van der Waals surface area contributed by atoms with Crippen molar-refractivity contribution in [1.29, 1.82) is 0 Å². The number of phenols is 21. The number of aliphatic hydroxyl groups excluding tert-OH is 1. The molecular formula is C54H50O32. The molecule has 32 heteroatoms. The summed E-state index contributed by atoms with van der Waals surface area (Å²) in [4.78, 5) is 0. The van der Waals surface area contributed by atoms with E-state index in [-0.39, 0.29) is 0 Å². The third-order valence-electron chi connectivity index (χ3n) is 13.0. The van der Waals surface area contributed by atoms with Crippen LogP contribution in [-0.4, -0.2) is 187 Å². The molecule has 0 amide bonds. The van der Waals surface area contributed by atoms with Crippen LogP contribution in [-0.2, 0) is 14.2 Å². The number of aliphatic hydroxyl groups is 1. The molecule has 86 heavy (non-hydrogen) atoms. The summed E-state index contributed by atoms with van der Waals surface area (Å²) in [6, 6.07) is 10.8. The average Bonchev–Trinajstić information content (AvgIpc) is 1.02. The first-order valence-electron chi connectivity index (χ1n) is 24.6. The Kier molecular flexibility index (Phi) is 16.3. The number of hydrogen-bond acceptors (Lipinski definition) is 32. The van der Waals surface area contributed by atoms with Gasteiger partial charge < -0.3 is 160 Å². The van der Waals surface area contributed by atoms with E-state index < -0.39 is 236 Å². The number of phenolic OH excluding ortho intramolecular Hbond substituents is 21. The van der Waals surface area contributed by atoms with E-state index in [4.69, 9.17) is 47.4 Å². The molecule has 458 valence electrons. The van der Waals surface area contributed by atoms with Gasteiger partial charge in [-0.25, -0.2) is 0 Å². The van der Waals surface area contributed by atoms with E-state index >= 15 is 0 Å². The molecule has 9 rings (SSSR count). The van der Waals surface area contributed by atoms with E-state index in [2.05, 4.69) is 0 Å². The van der Waals surface area contributed by atoms with Crippen molar-refractivity contribution in [1.82, 2.24) is 0 Å². The number of aromatic hydroxyl groups is 21. The molecule has 2 heterocycles. The summed E-state index contributed by atoms with van der Waals surface area (Å²) >= 11 is 0. The fraction of sp³-hybridized carbons (Fsp3) is 0.222. The topological polar surface area (TPSA) is 537 Å². The molecule has 32 nitrogen and oxygen atoms in total. The van der Waals surface area contributed by atoms with E-state index in [0.717, 1.165) is 84.9 Å². The lowest BCUT2D eigenvalue weighted by molar-refractivity contribution is -0.343. The van der Waals surface area contributed by atoms with Gasteiger partial charge in [0.2, 0.25) is 46.5 Å². The molecule has 0 aromatic heterocycles. The van der Waals surface area contributed by atoms with E-state index in [0.29, 0.717) is 0 Å². The minimum Gasteiger partial charge on any atom is -0.504 e. The highest BCUT2D eigenvalue weighted by atomic mass is 16.8. The van der Waals surface area contributed by atoms with Gasteiger partial charge in [0.25, 0.3) is 0 Å². The third-order valence-corrected chi connectivity index (χ3v) is 13.0. The number of benzene rings is 7. The predicted octanol–water partition coefficient (Wildman–Crippen LogP) is 3.03. The molecular weight excluding hydrogens is 1160 g/mol. The Bertz CT molecular complexity index is 3510. The summed E-state index contributed by atoms with van der Waals surface area (Å²) in [5, 5.41) is 232. The Balaban J connectivity index is 1.23. The fourth-order valence-electron chi connectivity index (χ4n) is 8.78. The molecule has 7 aromatic rings. The van der Waals surface area contributed by atoms with Crippen molar-refractivity contribution in [2.45, 2.75) is 61.4 Å². The predicted molar refractivity (Wildman–Crippen MR) is 278 cm³/mol. The second-order valence-electron chi connectivity index (χ2n) is 18.9. The van der Waals surface area contributed by atoms with Gasteiger partial charge in [0.05, 0.1) is 0 Å². The Labute approximate surface area is 479 Å². The summed E-state index contributed by atoms with van der Waals surface area (Å²) in [5.41, 5.74) is 0. The second kappa shape index (κ2) is 23.6. The highest BCUT2D eigenvalue weighted by molar-refractivity contribution is 5.58. The van der Waals surface area contributed by atoms with Gasteiger partial charge in [0.1, 0.15) is 77.9 Å². The quantitative estimate of drug-likeness (QED) is 0.0549. The zero-order valence-electron chi connectivity index (χ0n) is 43.2. The molecule has 2 aliphatic rings. The first-order chi connectivity index (χ1) is 40.6. The molecule has 2 saturated heterocycles. The van der Waals surface area contributed by atoms with Crippen molar-refractivity contribution in [2.24, 2.45) is 0 Å². The average molecular weight is 1210 g/mol. The van der Waals surface area contributed by atoms with Gasteiger partial charge in [-0.15, -0.1) is 0 Å². The van der Waals surface area contributed by atoms with E-state index in [1.54, 1.807) is 0 Å². The van der Waals surface area contributed by atoms with Crippen LogP contribution >= 0.6 is 0 Å². The van der Waals surface area contributed by atoms with E-state index in [9.17, 15) is 112 Å². The molecule has 0 saturated carbocycles.